The fourth-order valence-electron chi connectivity index (χ4n) is 4.16. The van der Waals surface area contributed by atoms with E-state index in [4.69, 9.17) is 11.6 Å². The quantitative estimate of drug-likeness (QED) is 0.655. The molecule has 4 heterocycles. The predicted molar refractivity (Wildman–Crippen MR) is 113 cm³/mol. The second-order valence-electron chi connectivity index (χ2n) is 8.04. The largest absolute Gasteiger partial charge is 0.363 e. The second-order valence-corrected chi connectivity index (χ2v) is 8.47. The number of hydrogen-bond donors (Lipinski definition) is 2. The van der Waals surface area contributed by atoms with Gasteiger partial charge in [-0.2, -0.15) is 0 Å². The lowest BCUT2D eigenvalue weighted by Gasteiger charge is -2.37. The van der Waals surface area contributed by atoms with Crippen molar-refractivity contribution in [3.8, 4) is 11.4 Å². The topological polar surface area (TPSA) is 86.8 Å². The summed E-state index contributed by atoms with van der Waals surface area (Å²) in [5, 5.41) is 4.47. The highest BCUT2D eigenvalue weighted by atomic mass is 35.5. The number of carbonyl (C=O) groups is 1. The molecule has 5 rings (SSSR count). The number of nitrogens with zero attached hydrogens (tertiary/aromatic N) is 4. The molecule has 1 aliphatic heterocycles. The highest BCUT2D eigenvalue weighted by Gasteiger charge is 2.32. The number of halogens is 2. The lowest BCUT2D eigenvalue weighted by molar-refractivity contribution is -0.139. The summed E-state index contributed by atoms with van der Waals surface area (Å²) < 4.78 is 14.5. The average molecular weight is 429 g/mol. The van der Waals surface area contributed by atoms with E-state index in [1.165, 1.54) is 6.20 Å². The Bertz CT molecular complexity index is 1100. The van der Waals surface area contributed by atoms with Crippen LogP contribution in [-0.2, 0) is 4.79 Å². The van der Waals surface area contributed by atoms with Gasteiger partial charge >= 0.3 is 0 Å². The fraction of sp³-hybridized carbons (Fsp3) is 0.429. The summed E-state index contributed by atoms with van der Waals surface area (Å²) in [5.41, 5.74) is 1.36. The summed E-state index contributed by atoms with van der Waals surface area (Å²) in [6, 6.07) is 1.74. The van der Waals surface area contributed by atoms with Gasteiger partial charge in [0.1, 0.15) is 5.65 Å². The van der Waals surface area contributed by atoms with Gasteiger partial charge in [0.05, 0.1) is 11.2 Å². The van der Waals surface area contributed by atoms with Crippen molar-refractivity contribution >= 4 is 34.4 Å². The summed E-state index contributed by atoms with van der Waals surface area (Å²) in [4.78, 5) is 30.4. The number of anilines is 1. The maximum absolute atomic E-state index is 14.5. The van der Waals surface area contributed by atoms with Crippen LogP contribution in [0.1, 0.15) is 32.1 Å². The number of piperidine rings is 1. The smallest absolute Gasteiger partial charge is 0.225 e. The van der Waals surface area contributed by atoms with Crippen LogP contribution >= 0.6 is 11.6 Å². The average Bonchev–Trinajstić information content (AvgIpc) is 3.11. The first kappa shape index (κ1) is 19.2. The molecular formula is C21H22ClFN6O. The molecule has 1 atom stereocenters. The number of nitrogens with one attached hydrogen (secondary N) is 2. The number of rotatable bonds is 4. The molecule has 2 N–H and O–H groups in total. The molecule has 1 saturated heterocycles. The molecule has 2 fully saturated rings. The molecule has 3 aromatic rings. The number of aromatic amines is 1. The molecule has 30 heavy (non-hydrogen) atoms. The van der Waals surface area contributed by atoms with Crippen molar-refractivity contribution < 1.29 is 9.18 Å². The summed E-state index contributed by atoms with van der Waals surface area (Å²) >= 11 is 6.07. The maximum atomic E-state index is 14.5. The van der Waals surface area contributed by atoms with E-state index in [1.807, 2.05) is 4.90 Å². The van der Waals surface area contributed by atoms with Gasteiger partial charge in [-0.3, -0.25) is 4.79 Å². The van der Waals surface area contributed by atoms with Crippen molar-refractivity contribution in [2.45, 2.75) is 38.1 Å². The molecule has 0 aromatic carbocycles. The first-order chi connectivity index (χ1) is 14.6. The summed E-state index contributed by atoms with van der Waals surface area (Å²) in [6.07, 6.45) is 9.33. The first-order valence-corrected chi connectivity index (χ1v) is 10.7. The van der Waals surface area contributed by atoms with E-state index in [0.717, 1.165) is 44.0 Å². The normalized spacial score (nSPS) is 19.7. The lowest BCUT2D eigenvalue weighted by Crippen LogP contribution is -2.48. The second kappa shape index (κ2) is 7.83. The molecule has 0 unspecified atom stereocenters. The summed E-state index contributed by atoms with van der Waals surface area (Å²) in [7, 11) is 0. The third-order valence-electron chi connectivity index (χ3n) is 6.01. The summed E-state index contributed by atoms with van der Waals surface area (Å²) in [5.74, 6) is 0.421. The molecule has 3 aromatic heterocycles. The minimum Gasteiger partial charge on any atom is -0.363 e. The van der Waals surface area contributed by atoms with Crippen LogP contribution in [0.2, 0.25) is 5.02 Å². The molecule has 9 heteroatoms. The van der Waals surface area contributed by atoms with E-state index in [-0.39, 0.29) is 23.7 Å². The Morgan fingerprint density at radius 1 is 1.23 bits per heavy atom. The predicted octanol–water partition coefficient (Wildman–Crippen LogP) is 4.02. The van der Waals surface area contributed by atoms with Crippen molar-refractivity contribution in [1.82, 2.24) is 24.8 Å². The third kappa shape index (κ3) is 3.60. The summed E-state index contributed by atoms with van der Waals surface area (Å²) in [6.45, 7) is 1.34. The van der Waals surface area contributed by atoms with E-state index in [1.54, 1.807) is 18.5 Å². The van der Waals surface area contributed by atoms with Gasteiger partial charge in [-0.1, -0.05) is 18.0 Å². The van der Waals surface area contributed by atoms with Crippen LogP contribution < -0.4 is 5.32 Å². The number of aromatic nitrogens is 4. The Morgan fingerprint density at radius 3 is 2.90 bits per heavy atom. The number of fused-ring (bicyclic) bond motifs is 1. The standard InChI is InChI=1S/C21H22ClFN6O/c22-13-7-15-16(9-25-18(15)24-8-13)19-26-10-17(23)20(28-19)27-14-5-2-6-29(11-14)21(30)12-3-1-4-12/h7-10,12,14H,1-6,11H2,(H,24,25)(H,26,27,28)/t14-/m0/s1. The van der Waals surface area contributed by atoms with Crippen LogP contribution in [0.4, 0.5) is 10.2 Å². The number of H-pyrrole nitrogens is 1. The number of amides is 1. The Kier molecular flexibility index (Phi) is 5.02. The van der Waals surface area contributed by atoms with E-state index >= 15 is 0 Å². The SMILES string of the molecule is O=C(C1CCC1)N1CCC[C@H](Nc2nc(-c3c[nH]c4ncc(Cl)cc34)ncc2F)C1. The maximum Gasteiger partial charge on any atom is 0.225 e. The number of hydrogen-bond acceptors (Lipinski definition) is 5. The van der Waals surface area contributed by atoms with Crippen LogP contribution in [0.5, 0.6) is 0 Å². The number of carbonyl (C=O) groups excluding carboxylic acids is 1. The molecule has 1 amide bonds. The molecule has 2 aliphatic rings. The molecule has 0 radical (unpaired) electrons. The molecule has 7 nitrogen and oxygen atoms in total. The highest BCUT2D eigenvalue weighted by molar-refractivity contribution is 6.31. The Labute approximate surface area is 178 Å². The lowest BCUT2D eigenvalue weighted by atomic mass is 9.84. The number of likely N-dealkylation sites (tertiary alicyclic amines) is 1. The molecule has 0 spiro atoms. The van der Waals surface area contributed by atoms with Crippen molar-refractivity contribution in [3.05, 3.63) is 35.5 Å². The first-order valence-electron chi connectivity index (χ1n) is 10.3. The number of pyridine rings is 1. The van der Waals surface area contributed by atoms with Crippen LogP contribution in [0.15, 0.2) is 24.7 Å². The van der Waals surface area contributed by atoms with Crippen LogP contribution in [0, 0.1) is 11.7 Å². The van der Waals surface area contributed by atoms with Crippen molar-refractivity contribution in [2.75, 3.05) is 18.4 Å². The Morgan fingerprint density at radius 2 is 2.10 bits per heavy atom. The van der Waals surface area contributed by atoms with Crippen molar-refractivity contribution in [3.63, 3.8) is 0 Å². The van der Waals surface area contributed by atoms with Gasteiger partial charge < -0.3 is 15.2 Å². The zero-order chi connectivity index (χ0) is 20.7. The fourth-order valence-corrected chi connectivity index (χ4v) is 4.32. The van der Waals surface area contributed by atoms with Gasteiger partial charge in [0.25, 0.3) is 0 Å². The van der Waals surface area contributed by atoms with Gasteiger partial charge in [-0.25, -0.2) is 19.3 Å². The monoisotopic (exact) mass is 428 g/mol. The van der Waals surface area contributed by atoms with Crippen molar-refractivity contribution in [1.29, 1.82) is 0 Å². The van der Waals surface area contributed by atoms with E-state index in [0.29, 0.717) is 28.6 Å². The zero-order valence-electron chi connectivity index (χ0n) is 16.4. The Balaban J connectivity index is 1.37. The minimum atomic E-state index is -0.516. The van der Waals surface area contributed by atoms with Crippen LogP contribution in [0.25, 0.3) is 22.4 Å². The molecule has 1 aliphatic carbocycles. The van der Waals surface area contributed by atoms with Gasteiger partial charge in [0.2, 0.25) is 5.91 Å². The van der Waals surface area contributed by atoms with Crippen LogP contribution in [-0.4, -0.2) is 49.9 Å². The third-order valence-corrected chi connectivity index (χ3v) is 6.22. The Hall–Kier alpha value is -2.74. The molecule has 0 bridgehead atoms. The molecule has 1 saturated carbocycles. The van der Waals surface area contributed by atoms with Gasteiger partial charge in [-0.05, 0) is 31.7 Å². The van der Waals surface area contributed by atoms with Crippen molar-refractivity contribution in [2.24, 2.45) is 5.92 Å². The molecule has 156 valence electrons. The van der Waals surface area contributed by atoms with Gasteiger partial charge in [0, 0.05) is 48.4 Å². The zero-order valence-corrected chi connectivity index (χ0v) is 17.1. The van der Waals surface area contributed by atoms with Crippen LogP contribution in [0.3, 0.4) is 0 Å². The highest BCUT2D eigenvalue weighted by Crippen LogP contribution is 2.31. The van der Waals surface area contributed by atoms with Gasteiger partial charge in [0.15, 0.2) is 17.5 Å². The minimum absolute atomic E-state index is 0.0425. The van der Waals surface area contributed by atoms with E-state index in [9.17, 15) is 9.18 Å². The molecular weight excluding hydrogens is 407 g/mol. The van der Waals surface area contributed by atoms with E-state index in [2.05, 4.69) is 25.3 Å². The van der Waals surface area contributed by atoms with Gasteiger partial charge in [-0.15, -0.1) is 0 Å². The van der Waals surface area contributed by atoms with E-state index < -0.39 is 5.82 Å².